The topological polar surface area (TPSA) is 58.6 Å². The van der Waals surface area contributed by atoms with Gasteiger partial charge >= 0.3 is 6.36 Å². The molecule has 1 aliphatic rings. The van der Waals surface area contributed by atoms with Crippen LogP contribution in [0, 0.1) is 0 Å². The average molecular weight is 320 g/mol. The fourth-order valence-corrected chi connectivity index (χ4v) is 2.51. The number of hydrogen-bond donors (Lipinski definition) is 1. The predicted octanol–water partition coefficient (Wildman–Crippen LogP) is 2.69. The van der Waals surface area contributed by atoms with Crippen LogP contribution in [0.1, 0.15) is 0 Å². The fraction of sp³-hybridized carbons (Fsp3) is 0.333. The summed E-state index contributed by atoms with van der Waals surface area (Å²) in [5, 5.41) is 2.35. The summed E-state index contributed by atoms with van der Waals surface area (Å²) in [6, 6.07) is 4.78. The van der Waals surface area contributed by atoms with Crippen LogP contribution in [0.5, 0.6) is 5.75 Å². The number of nitrogens with one attached hydrogen (secondary N) is 1. The fourth-order valence-electron chi connectivity index (χ4n) is 1.68. The predicted molar refractivity (Wildman–Crippen MR) is 71.2 cm³/mol. The Bertz CT molecular complexity index is 534. The van der Waals surface area contributed by atoms with Gasteiger partial charge in [-0.1, -0.05) is 11.8 Å². The summed E-state index contributed by atoms with van der Waals surface area (Å²) < 4.78 is 39.7. The molecule has 21 heavy (non-hydrogen) atoms. The van der Waals surface area contributed by atoms with Gasteiger partial charge in [0.1, 0.15) is 12.3 Å². The summed E-state index contributed by atoms with van der Waals surface area (Å²) in [7, 11) is 0. The van der Waals surface area contributed by atoms with Crippen molar-refractivity contribution in [2.75, 3.05) is 24.2 Å². The minimum atomic E-state index is -4.75. The van der Waals surface area contributed by atoms with Crippen molar-refractivity contribution in [3.05, 3.63) is 24.3 Å². The van der Waals surface area contributed by atoms with E-state index < -0.39 is 12.3 Å². The molecule has 1 aromatic rings. The second-order valence-electron chi connectivity index (χ2n) is 4.16. The highest BCUT2D eigenvalue weighted by Crippen LogP contribution is 2.24. The maximum Gasteiger partial charge on any atom is 0.573 e. The molecule has 2 rings (SSSR count). The molecule has 0 spiro atoms. The highest BCUT2D eigenvalue weighted by Gasteiger charge is 2.31. The summed E-state index contributed by atoms with van der Waals surface area (Å²) in [6.07, 6.45) is -4.75. The number of carbonyl (C=O) groups excluding carboxylic acids is 2. The van der Waals surface area contributed by atoms with Gasteiger partial charge in [0.25, 0.3) is 5.24 Å². The van der Waals surface area contributed by atoms with Crippen molar-refractivity contribution in [3.8, 4) is 5.75 Å². The van der Waals surface area contributed by atoms with Gasteiger partial charge < -0.3 is 15.0 Å². The van der Waals surface area contributed by atoms with Gasteiger partial charge in [0, 0.05) is 18.0 Å². The van der Waals surface area contributed by atoms with Crippen molar-refractivity contribution in [2.45, 2.75) is 6.36 Å². The average Bonchev–Trinajstić information content (AvgIpc) is 2.76. The lowest BCUT2D eigenvalue weighted by Crippen LogP contribution is -2.33. The van der Waals surface area contributed by atoms with Crippen LogP contribution in [0.3, 0.4) is 0 Å². The molecule has 0 aromatic heterocycles. The van der Waals surface area contributed by atoms with Crippen LogP contribution < -0.4 is 10.1 Å². The molecule has 114 valence electrons. The second kappa shape index (κ2) is 6.25. The quantitative estimate of drug-likeness (QED) is 0.927. The van der Waals surface area contributed by atoms with Gasteiger partial charge in [-0.2, -0.15) is 0 Å². The van der Waals surface area contributed by atoms with E-state index in [-0.39, 0.29) is 17.5 Å². The number of carbonyl (C=O) groups is 2. The Morgan fingerprint density at radius 1 is 1.33 bits per heavy atom. The molecular weight excluding hydrogens is 309 g/mol. The molecule has 1 saturated heterocycles. The summed E-state index contributed by atoms with van der Waals surface area (Å²) in [5.41, 5.74) is 0.328. The van der Waals surface area contributed by atoms with Crippen molar-refractivity contribution >= 4 is 28.6 Å². The maximum absolute atomic E-state index is 12.0. The molecule has 0 bridgehead atoms. The van der Waals surface area contributed by atoms with Gasteiger partial charge in [0.2, 0.25) is 5.91 Å². The Kier molecular flexibility index (Phi) is 4.61. The van der Waals surface area contributed by atoms with E-state index in [1.54, 1.807) is 0 Å². The van der Waals surface area contributed by atoms with E-state index in [0.29, 0.717) is 18.0 Å². The van der Waals surface area contributed by atoms with Crippen LogP contribution in [0.4, 0.5) is 23.7 Å². The zero-order valence-electron chi connectivity index (χ0n) is 10.6. The Labute approximate surface area is 122 Å². The van der Waals surface area contributed by atoms with Gasteiger partial charge in [-0.15, -0.1) is 13.2 Å². The number of anilines is 1. The van der Waals surface area contributed by atoms with E-state index in [9.17, 15) is 22.8 Å². The molecule has 1 heterocycles. The Morgan fingerprint density at radius 2 is 2.00 bits per heavy atom. The molecule has 1 fully saturated rings. The van der Waals surface area contributed by atoms with Gasteiger partial charge in [-0.3, -0.25) is 9.59 Å². The first-order chi connectivity index (χ1) is 9.83. The first-order valence-electron chi connectivity index (χ1n) is 5.91. The number of thioether (sulfide) groups is 1. The van der Waals surface area contributed by atoms with Crippen LogP contribution >= 0.6 is 11.8 Å². The standard InChI is InChI=1S/C12H11F3N2O3S/c13-12(14,15)20-9-3-1-8(2-4-9)16-10(18)7-17-5-6-21-11(17)19/h1-4H,5-7H2,(H,16,18). The number of nitrogens with zero attached hydrogens (tertiary/aromatic N) is 1. The van der Waals surface area contributed by atoms with Crippen LogP contribution in [0.2, 0.25) is 0 Å². The Morgan fingerprint density at radius 3 is 2.52 bits per heavy atom. The highest BCUT2D eigenvalue weighted by molar-refractivity contribution is 8.13. The molecule has 1 N–H and O–H groups in total. The van der Waals surface area contributed by atoms with E-state index in [1.165, 1.54) is 17.0 Å². The van der Waals surface area contributed by atoms with Gasteiger partial charge in [-0.05, 0) is 24.3 Å². The van der Waals surface area contributed by atoms with Crippen LogP contribution in [0.25, 0.3) is 0 Å². The lowest BCUT2D eigenvalue weighted by molar-refractivity contribution is -0.274. The highest BCUT2D eigenvalue weighted by atomic mass is 32.2. The Hall–Kier alpha value is -1.90. The molecule has 1 aliphatic heterocycles. The third-order valence-corrected chi connectivity index (χ3v) is 3.44. The number of rotatable bonds is 4. The summed E-state index contributed by atoms with van der Waals surface area (Å²) in [4.78, 5) is 24.4. The summed E-state index contributed by atoms with van der Waals surface area (Å²) in [6.45, 7) is 0.432. The van der Waals surface area contributed by atoms with E-state index in [4.69, 9.17) is 0 Å². The SMILES string of the molecule is O=C(CN1CCSC1=O)Nc1ccc(OC(F)(F)F)cc1. The van der Waals surface area contributed by atoms with Gasteiger partial charge in [0.15, 0.2) is 0 Å². The van der Waals surface area contributed by atoms with Crippen LogP contribution in [-0.2, 0) is 4.79 Å². The van der Waals surface area contributed by atoms with Crippen molar-refractivity contribution in [2.24, 2.45) is 0 Å². The summed E-state index contributed by atoms with van der Waals surface area (Å²) in [5.74, 6) is -0.128. The van der Waals surface area contributed by atoms with E-state index >= 15 is 0 Å². The first kappa shape index (κ1) is 15.5. The number of benzene rings is 1. The summed E-state index contributed by atoms with van der Waals surface area (Å²) >= 11 is 1.14. The number of halogens is 3. The van der Waals surface area contributed by atoms with Crippen molar-refractivity contribution in [1.82, 2.24) is 4.90 Å². The molecule has 5 nitrogen and oxygen atoms in total. The second-order valence-corrected chi connectivity index (χ2v) is 5.20. The monoisotopic (exact) mass is 320 g/mol. The minimum absolute atomic E-state index is 0.0768. The number of hydrogen-bond acceptors (Lipinski definition) is 4. The normalized spacial score (nSPS) is 15.2. The minimum Gasteiger partial charge on any atom is -0.406 e. The molecule has 0 saturated carbocycles. The zero-order valence-corrected chi connectivity index (χ0v) is 11.5. The molecule has 1 aromatic carbocycles. The molecule has 0 unspecified atom stereocenters. The van der Waals surface area contributed by atoms with E-state index in [1.807, 2.05) is 0 Å². The molecule has 0 radical (unpaired) electrons. The van der Waals surface area contributed by atoms with Crippen LogP contribution in [0.15, 0.2) is 24.3 Å². The Balaban J connectivity index is 1.88. The maximum atomic E-state index is 12.0. The molecule has 0 atom stereocenters. The number of ether oxygens (including phenoxy) is 1. The van der Waals surface area contributed by atoms with E-state index in [2.05, 4.69) is 10.1 Å². The third kappa shape index (κ3) is 4.85. The molecule has 2 amide bonds. The molecule has 9 heteroatoms. The van der Waals surface area contributed by atoms with Crippen molar-refractivity contribution in [1.29, 1.82) is 0 Å². The smallest absolute Gasteiger partial charge is 0.406 e. The lowest BCUT2D eigenvalue weighted by Gasteiger charge is -2.14. The van der Waals surface area contributed by atoms with Gasteiger partial charge in [-0.25, -0.2) is 0 Å². The largest absolute Gasteiger partial charge is 0.573 e. The third-order valence-electron chi connectivity index (χ3n) is 2.55. The molecular formula is C12H11F3N2O3S. The van der Waals surface area contributed by atoms with Crippen molar-refractivity contribution < 1.29 is 27.5 Å². The van der Waals surface area contributed by atoms with Crippen LogP contribution in [-0.4, -0.2) is 41.3 Å². The first-order valence-corrected chi connectivity index (χ1v) is 6.89. The zero-order chi connectivity index (χ0) is 15.5. The lowest BCUT2D eigenvalue weighted by atomic mass is 10.3. The number of alkyl halides is 3. The molecule has 0 aliphatic carbocycles. The van der Waals surface area contributed by atoms with E-state index in [0.717, 1.165) is 23.9 Å². The van der Waals surface area contributed by atoms with Gasteiger partial charge in [0.05, 0.1) is 0 Å². The number of amides is 2. The van der Waals surface area contributed by atoms with Crippen molar-refractivity contribution in [3.63, 3.8) is 0 Å².